The smallest absolute Gasteiger partial charge is 0.0481 e. The maximum atomic E-state index is 5.55. The average Bonchev–Trinajstić information content (AvgIpc) is 2.80. The van der Waals surface area contributed by atoms with Crippen LogP contribution in [0, 0.1) is 0 Å². The van der Waals surface area contributed by atoms with Crippen LogP contribution in [0.25, 0.3) is 0 Å². The molecule has 3 heteroatoms. The van der Waals surface area contributed by atoms with Gasteiger partial charge in [-0.1, -0.05) is 0 Å². The van der Waals surface area contributed by atoms with Crippen LogP contribution in [-0.2, 0) is 13.0 Å². The molecule has 0 aliphatic heterocycles. The Bertz CT molecular complexity index is 376. The van der Waals surface area contributed by atoms with Gasteiger partial charge in [-0.3, -0.25) is 0 Å². The van der Waals surface area contributed by atoms with Gasteiger partial charge in [0.05, 0.1) is 0 Å². The summed E-state index contributed by atoms with van der Waals surface area (Å²) >= 11 is 1.74. The number of nitrogens with two attached hydrogens (primary N) is 1. The van der Waals surface area contributed by atoms with E-state index in [4.69, 9.17) is 5.73 Å². The van der Waals surface area contributed by atoms with Gasteiger partial charge in [0.15, 0.2) is 0 Å². The van der Waals surface area contributed by atoms with Crippen LogP contribution in [0.3, 0.4) is 0 Å². The lowest BCUT2D eigenvalue weighted by Crippen LogP contribution is -2.08. The maximum absolute atomic E-state index is 5.55. The van der Waals surface area contributed by atoms with Crippen molar-refractivity contribution in [3.63, 3.8) is 0 Å². The highest BCUT2D eigenvalue weighted by molar-refractivity contribution is 7.07. The molecule has 2 heterocycles. The Morgan fingerprint density at radius 2 is 2.29 bits per heavy atom. The normalized spacial score (nSPS) is 10.6. The van der Waals surface area contributed by atoms with E-state index in [1.807, 2.05) is 0 Å². The van der Waals surface area contributed by atoms with Crippen molar-refractivity contribution in [1.29, 1.82) is 0 Å². The molecule has 0 fully saturated rings. The first-order valence-electron chi connectivity index (χ1n) is 4.75. The molecule has 0 atom stereocenters. The van der Waals surface area contributed by atoms with Crippen LogP contribution in [0.1, 0.15) is 11.3 Å². The Hall–Kier alpha value is -1.06. The van der Waals surface area contributed by atoms with E-state index in [0.29, 0.717) is 6.54 Å². The molecule has 2 aromatic rings. The first-order valence-corrected chi connectivity index (χ1v) is 5.69. The Labute approximate surface area is 88.0 Å². The van der Waals surface area contributed by atoms with Crippen LogP contribution >= 0.6 is 11.3 Å². The molecule has 2 aromatic heterocycles. The Kier molecular flexibility index (Phi) is 3.01. The molecule has 2 nitrogen and oxygen atoms in total. The van der Waals surface area contributed by atoms with E-state index in [1.165, 1.54) is 11.3 Å². The molecule has 0 aromatic carbocycles. The van der Waals surface area contributed by atoms with Gasteiger partial charge < -0.3 is 10.3 Å². The van der Waals surface area contributed by atoms with Gasteiger partial charge >= 0.3 is 0 Å². The molecular weight excluding hydrogens is 192 g/mol. The number of thiophene rings is 1. The van der Waals surface area contributed by atoms with E-state index in [9.17, 15) is 0 Å². The summed E-state index contributed by atoms with van der Waals surface area (Å²) in [6.45, 7) is 1.68. The van der Waals surface area contributed by atoms with Crippen molar-refractivity contribution in [1.82, 2.24) is 4.57 Å². The molecule has 0 saturated heterocycles. The highest BCUT2D eigenvalue weighted by atomic mass is 32.1. The molecule has 0 unspecified atom stereocenters. The number of aromatic nitrogens is 1. The van der Waals surface area contributed by atoms with E-state index >= 15 is 0 Å². The molecule has 0 radical (unpaired) electrons. The van der Waals surface area contributed by atoms with E-state index in [1.54, 1.807) is 11.3 Å². The van der Waals surface area contributed by atoms with Crippen LogP contribution in [0.5, 0.6) is 0 Å². The minimum Gasteiger partial charge on any atom is -0.347 e. The van der Waals surface area contributed by atoms with Gasteiger partial charge in [0.25, 0.3) is 0 Å². The molecule has 0 spiro atoms. The molecule has 0 bridgehead atoms. The van der Waals surface area contributed by atoms with Crippen LogP contribution in [0.4, 0.5) is 0 Å². The molecule has 0 aliphatic carbocycles. The number of hydrogen-bond acceptors (Lipinski definition) is 2. The molecular formula is C11H14N2S. The second kappa shape index (κ2) is 4.44. The molecule has 14 heavy (non-hydrogen) atoms. The highest BCUT2D eigenvalue weighted by Gasteiger charge is 2.00. The van der Waals surface area contributed by atoms with Gasteiger partial charge in [-0.25, -0.2) is 0 Å². The van der Waals surface area contributed by atoms with Gasteiger partial charge in [-0.2, -0.15) is 11.3 Å². The van der Waals surface area contributed by atoms with Crippen LogP contribution in [0.15, 0.2) is 35.2 Å². The van der Waals surface area contributed by atoms with Gasteiger partial charge in [-0.05, 0) is 47.5 Å². The van der Waals surface area contributed by atoms with E-state index in [-0.39, 0.29) is 0 Å². The van der Waals surface area contributed by atoms with Crippen molar-refractivity contribution in [2.75, 3.05) is 6.54 Å². The van der Waals surface area contributed by atoms with Gasteiger partial charge in [0, 0.05) is 18.4 Å². The molecule has 0 saturated carbocycles. The maximum Gasteiger partial charge on any atom is 0.0481 e. The fourth-order valence-corrected chi connectivity index (χ4v) is 2.22. The van der Waals surface area contributed by atoms with Crippen LogP contribution in [0.2, 0.25) is 0 Å². The Morgan fingerprint density at radius 3 is 3.00 bits per heavy atom. The van der Waals surface area contributed by atoms with Crippen molar-refractivity contribution in [2.45, 2.75) is 13.0 Å². The summed E-state index contributed by atoms with van der Waals surface area (Å²) in [7, 11) is 0. The van der Waals surface area contributed by atoms with E-state index < -0.39 is 0 Å². The number of nitrogens with zero attached hydrogens (tertiary/aromatic N) is 1. The monoisotopic (exact) mass is 206 g/mol. The zero-order valence-corrected chi connectivity index (χ0v) is 8.83. The minimum atomic E-state index is 0.716. The van der Waals surface area contributed by atoms with Crippen molar-refractivity contribution in [3.05, 3.63) is 46.4 Å². The second-order valence-corrected chi connectivity index (χ2v) is 4.08. The second-order valence-electron chi connectivity index (χ2n) is 3.30. The quantitative estimate of drug-likeness (QED) is 0.816. The van der Waals surface area contributed by atoms with Crippen molar-refractivity contribution in [2.24, 2.45) is 5.73 Å². The van der Waals surface area contributed by atoms with Crippen LogP contribution < -0.4 is 5.73 Å². The predicted octanol–water partition coefficient (Wildman–Crippen LogP) is 2.10. The SMILES string of the molecule is NCCc1cccn1Cc1ccsc1. The first-order chi connectivity index (χ1) is 6.90. The predicted molar refractivity (Wildman–Crippen MR) is 60.6 cm³/mol. The average molecular weight is 206 g/mol. The van der Waals surface area contributed by atoms with Crippen molar-refractivity contribution in [3.8, 4) is 0 Å². The lowest BCUT2D eigenvalue weighted by Gasteiger charge is -2.06. The molecule has 74 valence electrons. The zero-order chi connectivity index (χ0) is 9.80. The van der Waals surface area contributed by atoms with Gasteiger partial charge in [0.1, 0.15) is 0 Å². The summed E-state index contributed by atoms with van der Waals surface area (Å²) in [5.41, 5.74) is 8.23. The van der Waals surface area contributed by atoms with Gasteiger partial charge in [-0.15, -0.1) is 0 Å². The Balaban J connectivity index is 2.12. The van der Waals surface area contributed by atoms with Gasteiger partial charge in [0.2, 0.25) is 0 Å². The summed E-state index contributed by atoms with van der Waals surface area (Å²) in [5.74, 6) is 0. The van der Waals surface area contributed by atoms with Crippen LogP contribution in [-0.4, -0.2) is 11.1 Å². The molecule has 2 N–H and O–H groups in total. The highest BCUT2D eigenvalue weighted by Crippen LogP contribution is 2.11. The molecule has 0 amide bonds. The summed E-state index contributed by atoms with van der Waals surface area (Å²) in [6.07, 6.45) is 3.07. The topological polar surface area (TPSA) is 30.9 Å². The summed E-state index contributed by atoms with van der Waals surface area (Å²) in [6, 6.07) is 6.38. The number of hydrogen-bond donors (Lipinski definition) is 1. The Morgan fingerprint density at radius 1 is 1.36 bits per heavy atom. The minimum absolute atomic E-state index is 0.716. The largest absolute Gasteiger partial charge is 0.347 e. The lowest BCUT2D eigenvalue weighted by atomic mass is 10.3. The third-order valence-electron chi connectivity index (χ3n) is 2.26. The molecule has 0 aliphatic rings. The fraction of sp³-hybridized carbons (Fsp3) is 0.273. The fourth-order valence-electron chi connectivity index (χ4n) is 1.56. The summed E-state index contributed by atoms with van der Waals surface area (Å²) < 4.78 is 2.26. The van der Waals surface area contributed by atoms with E-state index in [0.717, 1.165) is 13.0 Å². The summed E-state index contributed by atoms with van der Waals surface area (Å²) in [4.78, 5) is 0. The zero-order valence-electron chi connectivity index (χ0n) is 8.02. The summed E-state index contributed by atoms with van der Waals surface area (Å²) in [5, 5.41) is 4.30. The molecule has 2 rings (SSSR count). The third kappa shape index (κ3) is 2.05. The van der Waals surface area contributed by atoms with Crippen molar-refractivity contribution >= 4 is 11.3 Å². The number of rotatable bonds is 4. The third-order valence-corrected chi connectivity index (χ3v) is 2.99. The lowest BCUT2D eigenvalue weighted by molar-refractivity contribution is 0.738. The van der Waals surface area contributed by atoms with E-state index in [2.05, 4.69) is 39.7 Å². The van der Waals surface area contributed by atoms with Crippen molar-refractivity contribution < 1.29 is 0 Å². The first kappa shape index (κ1) is 9.49. The standard InChI is InChI=1S/C11H14N2S/c12-5-3-11-2-1-6-13(11)8-10-4-7-14-9-10/h1-2,4,6-7,9H,3,5,8,12H2.